The van der Waals surface area contributed by atoms with Gasteiger partial charge in [0.25, 0.3) is 0 Å². The van der Waals surface area contributed by atoms with Crippen molar-refractivity contribution in [3.63, 3.8) is 0 Å². The Labute approximate surface area is 160 Å². The lowest BCUT2D eigenvalue weighted by atomic mass is 10.0. The quantitative estimate of drug-likeness (QED) is 0.777. The fourth-order valence-electron chi connectivity index (χ4n) is 3.30. The van der Waals surface area contributed by atoms with Gasteiger partial charge in [0.15, 0.2) is 0 Å². The van der Waals surface area contributed by atoms with Gasteiger partial charge in [-0.1, -0.05) is 42.5 Å². The Kier molecular flexibility index (Phi) is 6.30. The number of nitrogens with one attached hydrogen (secondary N) is 2. The van der Waals surface area contributed by atoms with Gasteiger partial charge >= 0.3 is 6.03 Å². The fraction of sp³-hybridized carbons (Fsp3) is 0.421. The zero-order valence-corrected chi connectivity index (χ0v) is 16.3. The van der Waals surface area contributed by atoms with Crippen molar-refractivity contribution in [1.29, 1.82) is 0 Å². The predicted molar refractivity (Wildman–Crippen MR) is 107 cm³/mol. The van der Waals surface area contributed by atoms with Crippen LogP contribution in [0.5, 0.6) is 0 Å². The van der Waals surface area contributed by atoms with Gasteiger partial charge in [0.2, 0.25) is 10.0 Å². The lowest BCUT2D eigenvalue weighted by Crippen LogP contribution is -2.50. The van der Waals surface area contributed by atoms with Crippen molar-refractivity contribution in [2.45, 2.75) is 6.54 Å². The van der Waals surface area contributed by atoms with Crippen LogP contribution in [-0.2, 0) is 16.6 Å². The van der Waals surface area contributed by atoms with E-state index in [1.807, 2.05) is 24.3 Å². The molecular weight excluding hydrogens is 364 g/mol. The molecule has 7 nitrogen and oxygen atoms in total. The van der Waals surface area contributed by atoms with Gasteiger partial charge < -0.3 is 10.6 Å². The van der Waals surface area contributed by atoms with E-state index in [2.05, 4.69) is 33.7 Å². The lowest BCUT2D eigenvalue weighted by Gasteiger charge is -2.33. The van der Waals surface area contributed by atoms with Gasteiger partial charge in [0.1, 0.15) is 0 Å². The summed E-state index contributed by atoms with van der Waals surface area (Å²) in [6.07, 6.45) is 1.24. The van der Waals surface area contributed by atoms with Crippen molar-refractivity contribution >= 4 is 26.8 Å². The van der Waals surface area contributed by atoms with Crippen LogP contribution in [0, 0.1) is 0 Å². The van der Waals surface area contributed by atoms with Gasteiger partial charge in [-0.25, -0.2) is 13.2 Å². The highest BCUT2D eigenvalue weighted by atomic mass is 32.2. The third-order valence-electron chi connectivity index (χ3n) is 4.83. The summed E-state index contributed by atoms with van der Waals surface area (Å²) in [5.74, 6) is 0. The number of piperazine rings is 1. The van der Waals surface area contributed by atoms with Crippen molar-refractivity contribution in [2.24, 2.45) is 0 Å². The van der Waals surface area contributed by atoms with E-state index in [1.54, 1.807) is 0 Å². The summed E-state index contributed by atoms with van der Waals surface area (Å²) in [6.45, 7) is 4.09. The maximum absolute atomic E-state index is 12.0. The van der Waals surface area contributed by atoms with Crippen LogP contribution in [0.4, 0.5) is 4.79 Å². The molecule has 1 heterocycles. The molecular formula is C19H26N4O3S. The Balaban J connectivity index is 1.39. The molecule has 2 aromatic carbocycles. The first-order valence-electron chi connectivity index (χ1n) is 9.09. The van der Waals surface area contributed by atoms with Crippen LogP contribution in [0.15, 0.2) is 42.5 Å². The molecule has 1 fully saturated rings. The minimum Gasteiger partial charge on any atom is -0.337 e. The van der Waals surface area contributed by atoms with Crippen LogP contribution < -0.4 is 10.6 Å². The molecule has 0 aliphatic carbocycles. The fourth-order valence-corrected chi connectivity index (χ4v) is 4.12. The van der Waals surface area contributed by atoms with E-state index in [1.165, 1.54) is 10.6 Å². The number of amides is 2. The van der Waals surface area contributed by atoms with Gasteiger partial charge in [-0.05, 0) is 16.3 Å². The average molecular weight is 391 g/mol. The summed E-state index contributed by atoms with van der Waals surface area (Å²) < 4.78 is 24.5. The zero-order valence-electron chi connectivity index (χ0n) is 15.5. The van der Waals surface area contributed by atoms with Crippen LogP contribution in [0.2, 0.25) is 0 Å². The molecule has 3 rings (SSSR count). The van der Waals surface area contributed by atoms with Crippen molar-refractivity contribution in [3.05, 3.63) is 48.0 Å². The number of carbonyl (C=O) groups excluding carboxylic acids is 1. The van der Waals surface area contributed by atoms with Crippen LogP contribution in [0.25, 0.3) is 10.8 Å². The number of rotatable bonds is 6. The van der Waals surface area contributed by atoms with E-state index in [9.17, 15) is 13.2 Å². The first-order valence-corrected chi connectivity index (χ1v) is 10.9. The van der Waals surface area contributed by atoms with E-state index >= 15 is 0 Å². The molecule has 0 radical (unpaired) electrons. The number of hydrogen-bond acceptors (Lipinski definition) is 4. The molecule has 0 bridgehead atoms. The minimum absolute atomic E-state index is 0.197. The van der Waals surface area contributed by atoms with Gasteiger partial charge in [-0.3, -0.25) is 4.90 Å². The number of carbonyl (C=O) groups is 1. The summed E-state index contributed by atoms with van der Waals surface area (Å²) in [4.78, 5) is 14.2. The number of benzene rings is 2. The highest BCUT2D eigenvalue weighted by Gasteiger charge is 2.22. The monoisotopic (exact) mass is 390 g/mol. The minimum atomic E-state index is -3.11. The Morgan fingerprint density at radius 1 is 1.00 bits per heavy atom. The topological polar surface area (TPSA) is 81.8 Å². The second-order valence-electron chi connectivity index (χ2n) is 6.75. The largest absolute Gasteiger partial charge is 0.337 e. The van der Waals surface area contributed by atoms with Crippen LogP contribution in [-0.4, -0.2) is 69.2 Å². The Morgan fingerprint density at radius 3 is 2.44 bits per heavy atom. The normalized spacial score (nSPS) is 16.3. The third-order valence-corrected chi connectivity index (χ3v) is 6.14. The van der Waals surface area contributed by atoms with Crippen molar-refractivity contribution in [2.75, 3.05) is 45.5 Å². The molecule has 0 atom stereocenters. The molecule has 1 aliphatic rings. The zero-order chi connectivity index (χ0) is 19.3. The predicted octanol–water partition coefficient (Wildman–Crippen LogP) is 1.22. The summed E-state index contributed by atoms with van der Waals surface area (Å²) >= 11 is 0. The summed E-state index contributed by atoms with van der Waals surface area (Å²) in [6, 6.07) is 14.0. The Hall–Kier alpha value is -2.16. The molecule has 2 aromatic rings. The highest BCUT2D eigenvalue weighted by molar-refractivity contribution is 7.88. The Morgan fingerprint density at radius 2 is 1.70 bits per heavy atom. The second-order valence-corrected chi connectivity index (χ2v) is 8.73. The first-order chi connectivity index (χ1) is 12.9. The smallest absolute Gasteiger partial charge is 0.315 e. The molecule has 0 unspecified atom stereocenters. The summed E-state index contributed by atoms with van der Waals surface area (Å²) in [7, 11) is -3.11. The third kappa shape index (κ3) is 5.41. The van der Waals surface area contributed by atoms with Gasteiger partial charge in [-0.2, -0.15) is 4.31 Å². The number of urea groups is 1. The molecule has 0 saturated carbocycles. The van der Waals surface area contributed by atoms with Crippen LogP contribution in [0.1, 0.15) is 5.56 Å². The van der Waals surface area contributed by atoms with Crippen molar-refractivity contribution in [3.8, 4) is 0 Å². The number of hydrogen-bond donors (Lipinski definition) is 2. The van der Waals surface area contributed by atoms with Crippen LogP contribution >= 0.6 is 0 Å². The van der Waals surface area contributed by atoms with E-state index in [4.69, 9.17) is 0 Å². The number of sulfonamides is 1. The number of fused-ring (bicyclic) bond motifs is 1. The van der Waals surface area contributed by atoms with E-state index in [0.29, 0.717) is 45.8 Å². The van der Waals surface area contributed by atoms with Gasteiger partial charge in [-0.15, -0.1) is 0 Å². The molecule has 27 heavy (non-hydrogen) atoms. The maximum Gasteiger partial charge on any atom is 0.315 e. The molecule has 1 saturated heterocycles. The standard InChI is InChI=1S/C19H26N4O3S/c1-27(25,26)23-13-11-22(12-14-23)10-9-20-19(24)21-15-17-7-4-6-16-5-2-3-8-18(16)17/h2-8H,9-15H2,1H3,(H2,20,21,24). The molecule has 8 heteroatoms. The summed E-state index contributed by atoms with van der Waals surface area (Å²) in [5.41, 5.74) is 1.08. The SMILES string of the molecule is CS(=O)(=O)N1CCN(CCNC(=O)NCc2cccc3ccccc23)CC1. The molecule has 2 N–H and O–H groups in total. The lowest BCUT2D eigenvalue weighted by molar-refractivity contribution is 0.188. The Bertz CT molecular complexity index is 887. The molecule has 2 amide bonds. The van der Waals surface area contributed by atoms with E-state index in [0.717, 1.165) is 16.3 Å². The van der Waals surface area contributed by atoms with E-state index in [-0.39, 0.29) is 6.03 Å². The maximum atomic E-state index is 12.0. The second kappa shape index (κ2) is 8.69. The van der Waals surface area contributed by atoms with Gasteiger partial charge in [0.05, 0.1) is 6.26 Å². The number of nitrogens with zero attached hydrogens (tertiary/aromatic N) is 2. The summed E-state index contributed by atoms with van der Waals surface area (Å²) in [5, 5.41) is 8.07. The molecule has 146 valence electrons. The average Bonchev–Trinajstić information content (AvgIpc) is 2.66. The molecule has 0 spiro atoms. The molecule has 0 aromatic heterocycles. The van der Waals surface area contributed by atoms with E-state index < -0.39 is 10.0 Å². The highest BCUT2D eigenvalue weighted by Crippen LogP contribution is 2.18. The van der Waals surface area contributed by atoms with Crippen molar-refractivity contribution < 1.29 is 13.2 Å². The first kappa shape index (κ1) is 19.6. The van der Waals surface area contributed by atoms with Gasteiger partial charge in [0, 0.05) is 45.8 Å². The molecule has 1 aliphatic heterocycles. The van der Waals surface area contributed by atoms with Crippen molar-refractivity contribution in [1.82, 2.24) is 19.8 Å². The van der Waals surface area contributed by atoms with Crippen LogP contribution in [0.3, 0.4) is 0 Å².